The highest BCUT2D eigenvalue weighted by molar-refractivity contribution is 5.89. The number of aromatic nitrogens is 4. The molecule has 0 saturated carbocycles. The van der Waals surface area contributed by atoms with Crippen LogP contribution in [0.3, 0.4) is 0 Å². The summed E-state index contributed by atoms with van der Waals surface area (Å²) in [5.74, 6) is 1.67. The first kappa shape index (κ1) is 23.5. The maximum atomic E-state index is 5.77. The van der Waals surface area contributed by atoms with E-state index in [4.69, 9.17) is 10.7 Å². The quantitative estimate of drug-likeness (QED) is 0.466. The zero-order valence-corrected chi connectivity index (χ0v) is 18.0. The molecule has 0 bridgehead atoms. The highest BCUT2D eigenvalue weighted by atomic mass is 35.5. The average Bonchev–Trinajstić information content (AvgIpc) is 2.74. The molecule has 2 N–H and O–H groups in total. The molecule has 4 rings (SSSR count). The second-order valence-electron chi connectivity index (χ2n) is 6.60. The van der Waals surface area contributed by atoms with Crippen molar-refractivity contribution in [2.45, 2.75) is 19.5 Å². The summed E-state index contributed by atoms with van der Waals surface area (Å²) in [5, 5.41) is 1.02. The third kappa shape index (κ3) is 5.63. The van der Waals surface area contributed by atoms with E-state index in [0.717, 1.165) is 33.7 Å². The SMILES string of the molecule is Cl.Cl.NCCc1nc(N(Cc2cccnc2)Cc2cccnc2)c2ccccc2n1. The Balaban J connectivity index is 0.00000160. The van der Waals surface area contributed by atoms with Crippen LogP contribution in [0.1, 0.15) is 17.0 Å². The van der Waals surface area contributed by atoms with Crippen molar-refractivity contribution in [2.24, 2.45) is 5.73 Å². The van der Waals surface area contributed by atoms with Crippen LogP contribution < -0.4 is 10.6 Å². The predicted octanol–water partition coefficient (Wildman–Crippen LogP) is 3.97. The number of hydrogen-bond donors (Lipinski definition) is 1. The van der Waals surface area contributed by atoms with Gasteiger partial charge in [-0.2, -0.15) is 0 Å². The molecule has 0 aliphatic heterocycles. The second-order valence-corrected chi connectivity index (χ2v) is 6.60. The largest absolute Gasteiger partial charge is 0.347 e. The van der Waals surface area contributed by atoms with Gasteiger partial charge in [0, 0.05) is 49.7 Å². The highest BCUT2D eigenvalue weighted by Crippen LogP contribution is 2.27. The molecule has 156 valence electrons. The number of nitrogens with two attached hydrogens (primary N) is 1. The number of rotatable bonds is 7. The molecule has 0 amide bonds. The van der Waals surface area contributed by atoms with Gasteiger partial charge in [-0.1, -0.05) is 24.3 Å². The van der Waals surface area contributed by atoms with E-state index in [9.17, 15) is 0 Å². The normalized spacial score (nSPS) is 10.2. The van der Waals surface area contributed by atoms with Gasteiger partial charge >= 0.3 is 0 Å². The van der Waals surface area contributed by atoms with Crippen LogP contribution in [0, 0.1) is 0 Å². The molecule has 3 aromatic heterocycles. The molecule has 4 aromatic rings. The van der Waals surface area contributed by atoms with Crippen molar-refractivity contribution < 1.29 is 0 Å². The Bertz CT molecular complexity index is 1010. The highest BCUT2D eigenvalue weighted by Gasteiger charge is 2.16. The minimum absolute atomic E-state index is 0. The maximum absolute atomic E-state index is 5.77. The zero-order chi connectivity index (χ0) is 19.2. The number of halogens is 2. The molecular weight excluding hydrogens is 419 g/mol. The lowest BCUT2D eigenvalue weighted by molar-refractivity contribution is 0.768. The van der Waals surface area contributed by atoms with E-state index in [2.05, 4.69) is 38.1 Å². The lowest BCUT2D eigenvalue weighted by atomic mass is 10.1. The van der Waals surface area contributed by atoms with Crippen LogP contribution in [0.5, 0.6) is 0 Å². The summed E-state index contributed by atoms with van der Waals surface area (Å²) in [6.07, 6.45) is 8.00. The number of pyridine rings is 2. The van der Waals surface area contributed by atoms with Gasteiger partial charge < -0.3 is 10.6 Å². The molecule has 0 saturated heterocycles. The second kappa shape index (κ2) is 11.4. The Hall–Kier alpha value is -2.80. The molecular formula is C22H24Cl2N6. The van der Waals surface area contributed by atoms with Crippen molar-refractivity contribution in [1.29, 1.82) is 0 Å². The van der Waals surface area contributed by atoms with Gasteiger partial charge in [0.05, 0.1) is 5.52 Å². The first-order valence-electron chi connectivity index (χ1n) is 9.32. The van der Waals surface area contributed by atoms with Crippen LogP contribution in [0.15, 0.2) is 73.3 Å². The van der Waals surface area contributed by atoms with Crippen LogP contribution >= 0.6 is 24.8 Å². The van der Waals surface area contributed by atoms with Crippen LogP contribution in [0.2, 0.25) is 0 Å². The molecule has 0 aliphatic carbocycles. The summed E-state index contributed by atoms with van der Waals surface area (Å²) in [5.41, 5.74) is 8.94. The van der Waals surface area contributed by atoms with Gasteiger partial charge in [-0.25, -0.2) is 9.97 Å². The Morgan fingerprint density at radius 1 is 0.767 bits per heavy atom. The average molecular weight is 443 g/mol. The van der Waals surface area contributed by atoms with Crippen molar-refractivity contribution in [2.75, 3.05) is 11.4 Å². The van der Waals surface area contributed by atoms with E-state index in [-0.39, 0.29) is 24.8 Å². The van der Waals surface area contributed by atoms with Gasteiger partial charge in [-0.15, -0.1) is 24.8 Å². The van der Waals surface area contributed by atoms with Gasteiger partial charge in [0.1, 0.15) is 11.6 Å². The van der Waals surface area contributed by atoms with E-state index in [1.807, 2.05) is 42.7 Å². The molecule has 3 heterocycles. The fourth-order valence-electron chi connectivity index (χ4n) is 3.22. The smallest absolute Gasteiger partial charge is 0.140 e. The van der Waals surface area contributed by atoms with Crippen molar-refractivity contribution in [3.63, 3.8) is 0 Å². The number of para-hydroxylation sites is 1. The number of hydrogen-bond acceptors (Lipinski definition) is 6. The summed E-state index contributed by atoms with van der Waals surface area (Å²) < 4.78 is 0. The van der Waals surface area contributed by atoms with Crippen LogP contribution in [0.25, 0.3) is 10.9 Å². The molecule has 8 heteroatoms. The third-order valence-electron chi connectivity index (χ3n) is 4.49. The lowest BCUT2D eigenvalue weighted by Gasteiger charge is -2.25. The van der Waals surface area contributed by atoms with E-state index < -0.39 is 0 Å². The summed E-state index contributed by atoms with van der Waals surface area (Å²) in [7, 11) is 0. The molecule has 0 atom stereocenters. The predicted molar refractivity (Wildman–Crippen MR) is 125 cm³/mol. The Kier molecular flexibility index (Phi) is 8.92. The minimum Gasteiger partial charge on any atom is -0.347 e. The Labute approximate surface area is 188 Å². The monoisotopic (exact) mass is 442 g/mol. The van der Waals surface area contributed by atoms with E-state index in [1.54, 1.807) is 12.4 Å². The van der Waals surface area contributed by atoms with E-state index >= 15 is 0 Å². The first-order valence-corrected chi connectivity index (χ1v) is 9.32. The van der Waals surface area contributed by atoms with Gasteiger partial charge in [-0.3, -0.25) is 9.97 Å². The standard InChI is InChI=1S/C22H22N6.2ClH/c23-10-9-21-26-20-8-2-1-7-19(20)22(27-21)28(15-17-5-3-11-24-13-17)16-18-6-4-12-25-14-18;;/h1-8,11-14H,9-10,15-16,23H2;2*1H. The fraction of sp³-hybridized carbons (Fsp3) is 0.182. The summed E-state index contributed by atoms with van der Waals surface area (Å²) in [6, 6.07) is 16.2. The van der Waals surface area contributed by atoms with E-state index in [0.29, 0.717) is 26.1 Å². The first-order chi connectivity index (χ1) is 13.8. The maximum Gasteiger partial charge on any atom is 0.140 e. The van der Waals surface area contributed by atoms with Crippen molar-refractivity contribution >= 4 is 41.5 Å². The summed E-state index contributed by atoms with van der Waals surface area (Å²) in [6.45, 7) is 1.89. The Morgan fingerprint density at radius 3 is 1.97 bits per heavy atom. The number of fused-ring (bicyclic) bond motifs is 1. The molecule has 0 radical (unpaired) electrons. The summed E-state index contributed by atoms with van der Waals surface area (Å²) in [4.78, 5) is 20.3. The molecule has 0 fully saturated rings. The Morgan fingerprint density at radius 2 is 1.40 bits per heavy atom. The van der Waals surface area contributed by atoms with E-state index in [1.165, 1.54) is 0 Å². The van der Waals surface area contributed by atoms with Crippen molar-refractivity contribution in [1.82, 2.24) is 19.9 Å². The van der Waals surface area contributed by atoms with Gasteiger partial charge in [-0.05, 0) is 41.9 Å². The molecule has 0 unspecified atom stereocenters. The van der Waals surface area contributed by atoms with Crippen molar-refractivity contribution in [3.05, 3.63) is 90.3 Å². The van der Waals surface area contributed by atoms with Crippen LogP contribution in [-0.2, 0) is 19.5 Å². The molecule has 0 spiro atoms. The summed E-state index contributed by atoms with van der Waals surface area (Å²) >= 11 is 0. The van der Waals surface area contributed by atoms with Gasteiger partial charge in [0.15, 0.2) is 0 Å². The number of anilines is 1. The molecule has 0 aliphatic rings. The zero-order valence-electron chi connectivity index (χ0n) is 16.4. The number of nitrogens with zero attached hydrogens (tertiary/aromatic N) is 5. The molecule has 30 heavy (non-hydrogen) atoms. The minimum atomic E-state index is 0. The van der Waals surface area contributed by atoms with Gasteiger partial charge in [0.25, 0.3) is 0 Å². The molecule has 6 nitrogen and oxygen atoms in total. The molecule has 1 aromatic carbocycles. The van der Waals surface area contributed by atoms with Crippen LogP contribution in [0.4, 0.5) is 5.82 Å². The van der Waals surface area contributed by atoms with Gasteiger partial charge in [0.2, 0.25) is 0 Å². The number of benzene rings is 1. The third-order valence-corrected chi connectivity index (χ3v) is 4.49. The fourth-order valence-corrected chi connectivity index (χ4v) is 3.22. The van der Waals surface area contributed by atoms with Crippen molar-refractivity contribution in [3.8, 4) is 0 Å². The topological polar surface area (TPSA) is 80.8 Å². The van der Waals surface area contributed by atoms with Crippen LogP contribution in [-0.4, -0.2) is 26.5 Å². The lowest BCUT2D eigenvalue weighted by Crippen LogP contribution is -2.24.